The summed E-state index contributed by atoms with van der Waals surface area (Å²) < 4.78 is 29.4. The molecule has 4 nitrogen and oxygen atoms in total. The Bertz CT molecular complexity index is 949. The van der Waals surface area contributed by atoms with E-state index >= 15 is 0 Å². The monoisotopic (exact) mass is 333 g/mol. The molecule has 22 heavy (non-hydrogen) atoms. The Morgan fingerprint density at radius 1 is 1.27 bits per heavy atom. The standard InChI is InChI=1S/C16H15NO3S2/c1-3-22(18,19)12-4-5-14-13(10-12)17-16(20-14)7-6-15-11(2)8-9-21-15/h4-10H,3H2,1-2H3/b7-6+. The number of rotatable bonds is 4. The van der Waals surface area contributed by atoms with E-state index in [1.165, 1.54) is 5.56 Å². The normalized spacial score (nSPS) is 12.5. The first-order chi connectivity index (χ1) is 10.5. The molecule has 2 heterocycles. The highest BCUT2D eigenvalue weighted by Gasteiger charge is 2.14. The number of benzene rings is 1. The summed E-state index contributed by atoms with van der Waals surface area (Å²) in [5.41, 5.74) is 2.34. The Morgan fingerprint density at radius 2 is 2.09 bits per heavy atom. The Hall–Kier alpha value is -1.92. The van der Waals surface area contributed by atoms with Crippen molar-refractivity contribution in [1.29, 1.82) is 0 Å². The van der Waals surface area contributed by atoms with Gasteiger partial charge in [-0.3, -0.25) is 0 Å². The second-order valence-corrected chi connectivity index (χ2v) is 8.11. The van der Waals surface area contributed by atoms with Gasteiger partial charge in [0.2, 0.25) is 5.89 Å². The Balaban J connectivity index is 1.97. The van der Waals surface area contributed by atoms with Crippen LogP contribution >= 0.6 is 11.3 Å². The van der Waals surface area contributed by atoms with E-state index in [2.05, 4.69) is 11.1 Å². The molecule has 0 aliphatic rings. The number of oxazole rings is 1. The van der Waals surface area contributed by atoms with Gasteiger partial charge in [0.15, 0.2) is 15.4 Å². The van der Waals surface area contributed by atoms with Crippen molar-refractivity contribution in [2.24, 2.45) is 0 Å². The van der Waals surface area contributed by atoms with Crippen molar-refractivity contribution in [2.45, 2.75) is 18.7 Å². The van der Waals surface area contributed by atoms with E-state index in [1.807, 2.05) is 18.4 Å². The summed E-state index contributed by atoms with van der Waals surface area (Å²) in [4.78, 5) is 5.76. The molecule has 3 aromatic rings. The van der Waals surface area contributed by atoms with Gasteiger partial charge in [-0.2, -0.15) is 0 Å². The number of aryl methyl sites for hydroxylation is 1. The average Bonchev–Trinajstić information content (AvgIpc) is 3.09. The molecule has 0 spiro atoms. The Labute approximate surface area is 133 Å². The van der Waals surface area contributed by atoms with Crippen molar-refractivity contribution < 1.29 is 12.8 Å². The van der Waals surface area contributed by atoms with Crippen molar-refractivity contribution >= 4 is 44.4 Å². The molecule has 2 aromatic heterocycles. The zero-order chi connectivity index (χ0) is 15.7. The van der Waals surface area contributed by atoms with Crippen molar-refractivity contribution in [2.75, 3.05) is 5.75 Å². The quantitative estimate of drug-likeness (QED) is 0.719. The molecule has 0 N–H and O–H groups in total. The fourth-order valence-electron chi connectivity index (χ4n) is 2.06. The van der Waals surface area contributed by atoms with Gasteiger partial charge >= 0.3 is 0 Å². The van der Waals surface area contributed by atoms with Crippen LogP contribution < -0.4 is 0 Å². The van der Waals surface area contributed by atoms with Crippen molar-refractivity contribution in [3.8, 4) is 0 Å². The summed E-state index contributed by atoms with van der Waals surface area (Å²) in [5, 5.41) is 2.03. The minimum Gasteiger partial charge on any atom is -0.437 e. The SMILES string of the molecule is CCS(=O)(=O)c1ccc2oc(/C=C/c3sccc3C)nc2c1. The van der Waals surface area contributed by atoms with Gasteiger partial charge in [-0.05, 0) is 48.2 Å². The largest absolute Gasteiger partial charge is 0.437 e. The van der Waals surface area contributed by atoms with Crippen LogP contribution in [0.4, 0.5) is 0 Å². The highest BCUT2D eigenvalue weighted by atomic mass is 32.2. The fraction of sp³-hybridized carbons (Fsp3) is 0.188. The second-order valence-electron chi connectivity index (χ2n) is 4.89. The molecule has 1 aromatic carbocycles. The Kier molecular flexibility index (Phi) is 3.88. The minimum absolute atomic E-state index is 0.0702. The number of nitrogens with zero attached hydrogens (tertiary/aromatic N) is 1. The van der Waals surface area contributed by atoms with Gasteiger partial charge in [0.05, 0.1) is 10.6 Å². The molecule has 3 rings (SSSR count). The average molecular weight is 333 g/mol. The first kappa shape index (κ1) is 15.0. The molecular weight excluding hydrogens is 318 g/mol. The predicted molar refractivity (Wildman–Crippen MR) is 89.7 cm³/mol. The van der Waals surface area contributed by atoms with Crippen LogP contribution in [0.3, 0.4) is 0 Å². The van der Waals surface area contributed by atoms with Crippen LogP contribution in [0.2, 0.25) is 0 Å². The van der Waals surface area contributed by atoms with E-state index in [9.17, 15) is 8.42 Å². The fourth-order valence-corrected chi connectivity index (χ4v) is 3.78. The molecule has 0 atom stereocenters. The van der Waals surface area contributed by atoms with Gasteiger partial charge in [0.1, 0.15) is 5.52 Å². The molecule has 0 bridgehead atoms. The minimum atomic E-state index is -3.23. The lowest BCUT2D eigenvalue weighted by molar-refractivity contribution is 0.589. The molecule has 6 heteroatoms. The van der Waals surface area contributed by atoms with E-state index in [-0.39, 0.29) is 10.6 Å². The molecule has 0 aliphatic heterocycles. The lowest BCUT2D eigenvalue weighted by Gasteiger charge is -1.99. The summed E-state index contributed by atoms with van der Waals surface area (Å²) in [7, 11) is -3.23. The number of aromatic nitrogens is 1. The van der Waals surface area contributed by atoms with E-state index in [1.54, 1.807) is 42.5 Å². The first-order valence-corrected chi connectivity index (χ1v) is 9.38. The number of fused-ring (bicyclic) bond motifs is 1. The zero-order valence-corrected chi connectivity index (χ0v) is 13.9. The molecular formula is C16H15NO3S2. The number of sulfone groups is 1. The molecule has 114 valence electrons. The van der Waals surface area contributed by atoms with Crippen molar-refractivity contribution in [3.05, 3.63) is 46.0 Å². The smallest absolute Gasteiger partial charge is 0.220 e. The van der Waals surface area contributed by atoms with Gasteiger partial charge in [0, 0.05) is 11.0 Å². The lowest BCUT2D eigenvalue weighted by atomic mass is 10.3. The van der Waals surface area contributed by atoms with Crippen LogP contribution in [0.5, 0.6) is 0 Å². The number of hydrogen-bond acceptors (Lipinski definition) is 5. The second kappa shape index (κ2) is 5.70. The first-order valence-electron chi connectivity index (χ1n) is 6.85. The topological polar surface area (TPSA) is 60.2 Å². The molecule has 0 fully saturated rings. The van der Waals surface area contributed by atoms with E-state index in [0.29, 0.717) is 17.0 Å². The maximum Gasteiger partial charge on any atom is 0.220 e. The van der Waals surface area contributed by atoms with Gasteiger partial charge in [-0.15, -0.1) is 11.3 Å². The van der Waals surface area contributed by atoms with E-state index in [0.717, 1.165) is 4.88 Å². The summed E-state index contributed by atoms with van der Waals surface area (Å²) in [5.74, 6) is 0.537. The predicted octanol–water partition coefficient (Wildman–Crippen LogP) is 4.16. The molecule has 0 saturated heterocycles. The molecule has 0 aliphatic carbocycles. The van der Waals surface area contributed by atoms with Crippen LogP contribution in [0.15, 0.2) is 39.0 Å². The third kappa shape index (κ3) is 2.84. The zero-order valence-electron chi connectivity index (χ0n) is 12.2. The van der Waals surface area contributed by atoms with Crippen molar-refractivity contribution in [3.63, 3.8) is 0 Å². The van der Waals surface area contributed by atoms with Gasteiger partial charge in [-0.1, -0.05) is 6.92 Å². The summed E-state index contributed by atoms with van der Waals surface area (Å²) in [6, 6.07) is 6.82. The molecule has 0 saturated carbocycles. The van der Waals surface area contributed by atoms with Crippen LogP contribution in [0, 0.1) is 6.92 Å². The van der Waals surface area contributed by atoms with E-state index < -0.39 is 9.84 Å². The summed E-state index contributed by atoms with van der Waals surface area (Å²) >= 11 is 1.65. The van der Waals surface area contributed by atoms with Crippen LogP contribution in [-0.2, 0) is 9.84 Å². The maximum absolute atomic E-state index is 11.9. The summed E-state index contributed by atoms with van der Waals surface area (Å²) in [6.45, 7) is 3.67. The van der Waals surface area contributed by atoms with E-state index in [4.69, 9.17) is 4.42 Å². The molecule has 0 amide bonds. The number of thiophene rings is 1. The lowest BCUT2D eigenvalue weighted by Crippen LogP contribution is -2.03. The highest BCUT2D eigenvalue weighted by Crippen LogP contribution is 2.23. The molecule has 0 unspecified atom stereocenters. The molecule has 0 radical (unpaired) electrons. The van der Waals surface area contributed by atoms with Gasteiger partial charge < -0.3 is 4.42 Å². The van der Waals surface area contributed by atoms with Gasteiger partial charge in [-0.25, -0.2) is 13.4 Å². The van der Waals surface area contributed by atoms with Gasteiger partial charge in [0.25, 0.3) is 0 Å². The third-order valence-electron chi connectivity index (χ3n) is 3.39. The Morgan fingerprint density at radius 3 is 2.77 bits per heavy atom. The third-order valence-corrected chi connectivity index (χ3v) is 6.11. The highest BCUT2D eigenvalue weighted by molar-refractivity contribution is 7.91. The summed E-state index contributed by atoms with van der Waals surface area (Å²) in [6.07, 6.45) is 3.75. The van der Waals surface area contributed by atoms with Crippen LogP contribution in [-0.4, -0.2) is 19.2 Å². The van der Waals surface area contributed by atoms with Crippen LogP contribution in [0.1, 0.15) is 23.3 Å². The van der Waals surface area contributed by atoms with Crippen LogP contribution in [0.25, 0.3) is 23.3 Å². The van der Waals surface area contributed by atoms with Crippen molar-refractivity contribution in [1.82, 2.24) is 4.98 Å². The maximum atomic E-state index is 11.9. The number of hydrogen-bond donors (Lipinski definition) is 0.